The monoisotopic (exact) mass is 350 g/mol. The van der Waals surface area contributed by atoms with Gasteiger partial charge in [0.1, 0.15) is 0 Å². The third-order valence-electron chi connectivity index (χ3n) is 5.60. The molecule has 3 heterocycles. The molecule has 1 fully saturated rings. The van der Waals surface area contributed by atoms with Crippen molar-refractivity contribution in [2.45, 2.75) is 38.1 Å². The van der Waals surface area contributed by atoms with Crippen molar-refractivity contribution in [3.05, 3.63) is 54.4 Å². The molecule has 1 saturated heterocycles. The minimum Gasteiger partial charge on any atom is -0.339 e. The fraction of sp³-hybridized carbons (Fsp3) is 0.429. The predicted octanol–water partition coefficient (Wildman–Crippen LogP) is 3.68. The molecule has 1 N–H and O–H groups in total. The van der Waals surface area contributed by atoms with Crippen molar-refractivity contribution in [3.63, 3.8) is 0 Å². The zero-order valence-corrected chi connectivity index (χ0v) is 15.5. The van der Waals surface area contributed by atoms with Crippen molar-refractivity contribution in [3.8, 4) is 0 Å². The molecule has 2 aromatic rings. The van der Waals surface area contributed by atoms with E-state index in [1.54, 1.807) is 0 Å². The molecule has 2 aliphatic heterocycles. The van der Waals surface area contributed by atoms with Gasteiger partial charge in [-0.2, -0.15) is 0 Å². The van der Waals surface area contributed by atoms with Crippen molar-refractivity contribution in [2.24, 2.45) is 0 Å². The van der Waals surface area contributed by atoms with E-state index >= 15 is 0 Å². The molecule has 1 spiro atoms. The first kappa shape index (κ1) is 16.9. The maximum atomic E-state index is 12.3. The van der Waals surface area contributed by atoms with Crippen LogP contribution in [0, 0.1) is 0 Å². The van der Waals surface area contributed by atoms with Crippen LogP contribution in [0.3, 0.4) is 0 Å². The number of nitrogens with zero attached hydrogens (tertiary/aromatic N) is 3. The molecule has 1 aromatic heterocycles. The topological polar surface area (TPSA) is 48.5 Å². The number of carbonyl (C=O) groups excluding carboxylic acids is 1. The maximum Gasteiger partial charge on any atom is 0.317 e. The number of benzene rings is 1. The molecule has 2 amide bonds. The number of rotatable bonds is 2. The molecule has 0 radical (unpaired) electrons. The molecule has 0 bridgehead atoms. The van der Waals surface area contributed by atoms with E-state index in [1.807, 2.05) is 37.2 Å². The van der Waals surface area contributed by atoms with E-state index in [9.17, 15) is 4.79 Å². The van der Waals surface area contributed by atoms with E-state index in [1.165, 1.54) is 11.3 Å². The Morgan fingerprint density at radius 1 is 1.15 bits per heavy atom. The molecule has 1 aromatic carbocycles. The Labute approximate surface area is 155 Å². The number of pyridine rings is 1. The highest BCUT2D eigenvalue weighted by Crippen LogP contribution is 2.49. The van der Waals surface area contributed by atoms with Crippen molar-refractivity contribution < 1.29 is 4.79 Å². The molecule has 4 rings (SSSR count). The zero-order valence-electron chi connectivity index (χ0n) is 15.5. The summed E-state index contributed by atoms with van der Waals surface area (Å²) in [6.07, 6.45) is 5.73. The van der Waals surface area contributed by atoms with Crippen LogP contribution in [0.1, 0.15) is 32.3 Å². The van der Waals surface area contributed by atoms with Gasteiger partial charge in [-0.1, -0.05) is 18.2 Å². The van der Waals surface area contributed by atoms with Gasteiger partial charge in [0.25, 0.3) is 0 Å². The van der Waals surface area contributed by atoms with E-state index in [4.69, 9.17) is 0 Å². The van der Waals surface area contributed by atoms with Crippen LogP contribution in [-0.4, -0.2) is 41.6 Å². The third-order valence-corrected chi connectivity index (χ3v) is 5.60. The normalized spacial score (nSPS) is 18.3. The van der Waals surface area contributed by atoms with Crippen LogP contribution in [0.2, 0.25) is 0 Å². The molecule has 2 aliphatic rings. The van der Waals surface area contributed by atoms with E-state index in [-0.39, 0.29) is 17.5 Å². The number of aromatic nitrogens is 1. The van der Waals surface area contributed by atoms with Gasteiger partial charge >= 0.3 is 6.03 Å². The molecule has 0 aliphatic carbocycles. The highest BCUT2D eigenvalue weighted by Gasteiger charge is 2.45. The lowest BCUT2D eigenvalue weighted by Crippen LogP contribution is -2.51. The summed E-state index contributed by atoms with van der Waals surface area (Å²) in [5.74, 6) is 0. The van der Waals surface area contributed by atoms with Crippen LogP contribution in [0.25, 0.3) is 0 Å². The molecule has 0 saturated carbocycles. The second kappa shape index (κ2) is 6.63. The van der Waals surface area contributed by atoms with Crippen LogP contribution < -0.4 is 10.2 Å². The third kappa shape index (κ3) is 2.91. The van der Waals surface area contributed by atoms with Crippen LogP contribution in [0.4, 0.5) is 16.2 Å². The first-order chi connectivity index (χ1) is 12.6. The highest BCUT2D eigenvalue weighted by molar-refractivity contribution is 5.75. The van der Waals surface area contributed by atoms with E-state index in [2.05, 4.69) is 45.5 Å². The summed E-state index contributed by atoms with van der Waals surface area (Å²) in [4.78, 5) is 21.0. The lowest BCUT2D eigenvalue weighted by Gasteiger charge is -2.40. The van der Waals surface area contributed by atoms with Gasteiger partial charge in [-0.15, -0.1) is 0 Å². The number of amides is 2. The van der Waals surface area contributed by atoms with Crippen molar-refractivity contribution in [1.82, 2.24) is 15.2 Å². The van der Waals surface area contributed by atoms with Crippen LogP contribution in [0.15, 0.2) is 48.8 Å². The lowest BCUT2D eigenvalue weighted by atomic mass is 9.74. The summed E-state index contributed by atoms with van der Waals surface area (Å²) in [5.41, 5.74) is 3.94. The smallest absolute Gasteiger partial charge is 0.317 e. The second-order valence-corrected chi connectivity index (χ2v) is 7.69. The molecular formula is C21H26N4O. The summed E-state index contributed by atoms with van der Waals surface area (Å²) < 4.78 is 0. The molecule has 136 valence electrons. The molecule has 0 unspecified atom stereocenters. The number of carbonyl (C=O) groups is 1. The summed E-state index contributed by atoms with van der Waals surface area (Å²) >= 11 is 0. The van der Waals surface area contributed by atoms with Crippen LogP contribution >= 0.6 is 0 Å². The van der Waals surface area contributed by atoms with Gasteiger partial charge in [-0.05, 0) is 50.5 Å². The van der Waals surface area contributed by atoms with Gasteiger partial charge < -0.3 is 15.1 Å². The van der Waals surface area contributed by atoms with Crippen molar-refractivity contribution in [2.75, 3.05) is 24.5 Å². The van der Waals surface area contributed by atoms with Gasteiger partial charge in [-0.3, -0.25) is 4.98 Å². The summed E-state index contributed by atoms with van der Waals surface area (Å²) in [6.45, 7) is 6.56. The SMILES string of the molecule is CC(C)NC(=O)N1CCC2(CC1)CN(c1cccnc1)c1ccccc12. The molecular weight excluding hydrogens is 324 g/mol. The number of hydrogen-bond donors (Lipinski definition) is 1. The number of hydrogen-bond acceptors (Lipinski definition) is 3. The summed E-state index contributed by atoms with van der Waals surface area (Å²) in [6, 6.07) is 13.0. The zero-order chi connectivity index (χ0) is 18.1. The molecule has 0 atom stereocenters. The van der Waals surface area contributed by atoms with Gasteiger partial charge in [-0.25, -0.2) is 4.79 Å². The number of urea groups is 1. The summed E-state index contributed by atoms with van der Waals surface area (Å²) in [7, 11) is 0. The minimum atomic E-state index is 0.0604. The van der Waals surface area contributed by atoms with Gasteiger partial charge in [0.05, 0.1) is 11.9 Å². The van der Waals surface area contributed by atoms with E-state index < -0.39 is 0 Å². The second-order valence-electron chi connectivity index (χ2n) is 7.69. The van der Waals surface area contributed by atoms with Gasteiger partial charge in [0.15, 0.2) is 0 Å². The highest BCUT2D eigenvalue weighted by atomic mass is 16.2. The number of anilines is 2. The predicted molar refractivity (Wildman–Crippen MR) is 104 cm³/mol. The largest absolute Gasteiger partial charge is 0.339 e. The quantitative estimate of drug-likeness (QED) is 0.899. The van der Waals surface area contributed by atoms with Crippen molar-refractivity contribution >= 4 is 17.4 Å². The van der Waals surface area contributed by atoms with Crippen LogP contribution in [-0.2, 0) is 5.41 Å². The van der Waals surface area contributed by atoms with E-state index in [0.29, 0.717) is 0 Å². The number of para-hydroxylation sites is 1. The fourth-order valence-corrected chi connectivity index (χ4v) is 4.28. The molecule has 26 heavy (non-hydrogen) atoms. The molecule has 5 nitrogen and oxygen atoms in total. The Kier molecular flexibility index (Phi) is 4.31. The Morgan fingerprint density at radius 2 is 1.92 bits per heavy atom. The first-order valence-electron chi connectivity index (χ1n) is 9.42. The number of piperidine rings is 1. The minimum absolute atomic E-state index is 0.0604. The maximum absolute atomic E-state index is 12.3. The first-order valence-corrected chi connectivity index (χ1v) is 9.42. The summed E-state index contributed by atoms with van der Waals surface area (Å²) in [5, 5.41) is 3.01. The Bertz CT molecular complexity index is 782. The van der Waals surface area contributed by atoms with Gasteiger partial charge in [0, 0.05) is 43.0 Å². The number of fused-ring (bicyclic) bond motifs is 2. The Morgan fingerprint density at radius 3 is 2.62 bits per heavy atom. The van der Waals surface area contributed by atoms with E-state index in [0.717, 1.165) is 38.2 Å². The standard InChI is InChI=1S/C21H26N4O/c1-16(2)23-20(26)24-12-9-21(10-13-24)15-25(17-6-5-11-22-14-17)19-8-4-3-7-18(19)21/h3-8,11,14,16H,9-10,12-13,15H2,1-2H3,(H,23,26). The van der Waals surface area contributed by atoms with Crippen molar-refractivity contribution in [1.29, 1.82) is 0 Å². The van der Waals surface area contributed by atoms with Gasteiger partial charge in [0.2, 0.25) is 0 Å². The Hall–Kier alpha value is -2.56. The number of nitrogens with one attached hydrogen (secondary N) is 1. The molecule has 5 heteroatoms. The Balaban J connectivity index is 1.58. The average Bonchev–Trinajstić information content (AvgIpc) is 2.97. The average molecular weight is 350 g/mol. The van der Waals surface area contributed by atoms with Crippen LogP contribution in [0.5, 0.6) is 0 Å². The fourth-order valence-electron chi connectivity index (χ4n) is 4.28. The lowest BCUT2D eigenvalue weighted by molar-refractivity contribution is 0.160. The number of likely N-dealkylation sites (tertiary alicyclic amines) is 1.